The number of carbonyl (C=O) groups excluding carboxylic acids is 1. The van der Waals surface area contributed by atoms with E-state index in [-0.39, 0.29) is 5.97 Å². The van der Waals surface area contributed by atoms with Gasteiger partial charge in [-0.05, 0) is 49.4 Å². The van der Waals surface area contributed by atoms with Crippen LogP contribution in [0.15, 0.2) is 18.2 Å². The monoisotopic (exact) mass is 247 g/mol. The molecule has 1 aliphatic carbocycles. The first kappa shape index (κ1) is 12.9. The molecule has 1 saturated carbocycles. The lowest BCUT2D eigenvalue weighted by molar-refractivity contribution is 0.0600. The highest BCUT2D eigenvalue weighted by molar-refractivity contribution is 5.90. The van der Waals surface area contributed by atoms with Gasteiger partial charge in [-0.1, -0.05) is 13.3 Å². The number of benzene rings is 1. The molecule has 18 heavy (non-hydrogen) atoms. The fourth-order valence-corrected chi connectivity index (χ4v) is 2.63. The van der Waals surface area contributed by atoms with Crippen LogP contribution in [0, 0.1) is 12.8 Å². The van der Waals surface area contributed by atoms with E-state index in [1.807, 2.05) is 25.1 Å². The van der Waals surface area contributed by atoms with Crippen LogP contribution in [0.5, 0.6) is 0 Å². The first-order chi connectivity index (χ1) is 8.61. The van der Waals surface area contributed by atoms with Crippen molar-refractivity contribution in [2.45, 2.75) is 39.2 Å². The summed E-state index contributed by atoms with van der Waals surface area (Å²) in [5.41, 5.74) is 2.83. The second-order valence-corrected chi connectivity index (χ2v) is 5.18. The van der Waals surface area contributed by atoms with Gasteiger partial charge in [-0.15, -0.1) is 0 Å². The Morgan fingerprint density at radius 1 is 1.39 bits per heavy atom. The van der Waals surface area contributed by atoms with Crippen molar-refractivity contribution in [2.24, 2.45) is 5.92 Å². The molecule has 1 aromatic rings. The van der Waals surface area contributed by atoms with Gasteiger partial charge < -0.3 is 10.1 Å². The molecule has 2 rings (SSSR count). The van der Waals surface area contributed by atoms with E-state index in [9.17, 15) is 4.79 Å². The number of carbonyl (C=O) groups is 1. The summed E-state index contributed by atoms with van der Waals surface area (Å²) in [7, 11) is 1.41. The minimum atomic E-state index is -0.279. The smallest absolute Gasteiger partial charge is 0.337 e. The van der Waals surface area contributed by atoms with Crippen molar-refractivity contribution in [1.29, 1.82) is 0 Å². The van der Waals surface area contributed by atoms with Gasteiger partial charge in [0, 0.05) is 11.7 Å². The summed E-state index contributed by atoms with van der Waals surface area (Å²) in [5.74, 6) is 0.448. The highest BCUT2D eigenvalue weighted by Crippen LogP contribution is 2.29. The van der Waals surface area contributed by atoms with Crippen molar-refractivity contribution in [1.82, 2.24) is 0 Å². The Bertz CT molecular complexity index is 442. The summed E-state index contributed by atoms with van der Waals surface area (Å²) in [4.78, 5) is 11.4. The van der Waals surface area contributed by atoms with Gasteiger partial charge in [0.1, 0.15) is 0 Å². The summed E-state index contributed by atoms with van der Waals surface area (Å²) < 4.78 is 4.72. The molecule has 0 heterocycles. The zero-order chi connectivity index (χ0) is 13.1. The number of hydrogen-bond acceptors (Lipinski definition) is 3. The normalized spacial score (nSPS) is 22.8. The Balaban J connectivity index is 2.12. The van der Waals surface area contributed by atoms with E-state index in [4.69, 9.17) is 4.74 Å². The van der Waals surface area contributed by atoms with Crippen LogP contribution in [0.25, 0.3) is 0 Å². The number of aryl methyl sites for hydroxylation is 1. The van der Waals surface area contributed by atoms with Crippen LogP contribution in [0.3, 0.4) is 0 Å². The Hall–Kier alpha value is -1.51. The Morgan fingerprint density at radius 2 is 2.17 bits per heavy atom. The van der Waals surface area contributed by atoms with Crippen molar-refractivity contribution < 1.29 is 9.53 Å². The van der Waals surface area contributed by atoms with E-state index in [0.29, 0.717) is 11.6 Å². The maximum Gasteiger partial charge on any atom is 0.337 e. The van der Waals surface area contributed by atoms with Crippen LogP contribution in [0.4, 0.5) is 5.69 Å². The fourth-order valence-electron chi connectivity index (χ4n) is 2.63. The molecule has 3 heteroatoms. The first-order valence-corrected chi connectivity index (χ1v) is 6.57. The summed E-state index contributed by atoms with van der Waals surface area (Å²) in [6, 6.07) is 6.24. The molecular weight excluding hydrogens is 226 g/mol. The summed E-state index contributed by atoms with van der Waals surface area (Å²) in [6.45, 7) is 4.32. The number of nitrogens with one attached hydrogen (secondary N) is 1. The molecule has 1 aromatic carbocycles. The molecule has 1 N–H and O–H groups in total. The molecule has 98 valence electrons. The molecule has 0 aromatic heterocycles. The third-order valence-electron chi connectivity index (χ3n) is 3.85. The van der Waals surface area contributed by atoms with Crippen LogP contribution in [-0.2, 0) is 4.74 Å². The van der Waals surface area contributed by atoms with Gasteiger partial charge in [0.2, 0.25) is 0 Å². The average molecular weight is 247 g/mol. The van der Waals surface area contributed by atoms with Crippen molar-refractivity contribution in [3.05, 3.63) is 29.3 Å². The maximum absolute atomic E-state index is 11.4. The predicted octanol–water partition coefficient (Wildman–Crippen LogP) is 3.38. The highest BCUT2D eigenvalue weighted by atomic mass is 16.5. The lowest BCUT2D eigenvalue weighted by atomic mass is 10.0. The van der Waals surface area contributed by atoms with Crippen molar-refractivity contribution in [3.8, 4) is 0 Å². The zero-order valence-electron chi connectivity index (χ0n) is 11.3. The number of rotatable bonds is 3. The van der Waals surface area contributed by atoms with Crippen LogP contribution >= 0.6 is 0 Å². The lowest BCUT2D eigenvalue weighted by Crippen LogP contribution is -2.22. The average Bonchev–Trinajstić information content (AvgIpc) is 2.76. The topological polar surface area (TPSA) is 38.3 Å². The molecule has 1 aliphatic rings. The van der Waals surface area contributed by atoms with Crippen molar-refractivity contribution in [3.63, 3.8) is 0 Å². The number of hydrogen-bond donors (Lipinski definition) is 1. The molecule has 1 fully saturated rings. The molecule has 3 nitrogen and oxygen atoms in total. The lowest BCUT2D eigenvalue weighted by Gasteiger charge is -2.20. The van der Waals surface area contributed by atoms with Gasteiger partial charge in [0.25, 0.3) is 0 Å². The molecular formula is C15H21NO2. The quantitative estimate of drug-likeness (QED) is 0.832. The van der Waals surface area contributed by atoms with Crippen molar-refractivity contribution in [2.75, 3.05) is 12.4 Å². The minimum absolute atomic E-state index is 0.279. The number of anilines is 1. The number of methoxy groups -OCH3 is 1. The molecule has 2 unspecified atom stereocenters. The van der Waals surface area contributed by atoms with Gasteiger partial charge >= 0.3 is 5.97 Å². The first-order valence-electron chi connectivity index (χ1n) is 6.57. The van der Waals surface area contributed by atoms with E-state index in [2.05, 4.69) is 12.2 Å². The second-order valence-electron chi connectivity index (χ2n) is 5.18. The van der Waals surface area contributed by atoms with E-state index in [0.717, 1.165) is 17.2 Å². The maximum atomic E-state index is 11.4. The van der Waals surface area contributed by atoms with Crippen LogP contribution < -0.4 is 5.32 Å². The molecule has 0 saturated heterocycles. The van der Waals surface area contributed by atoms with Gasteiger partial charge in [0.15, 0.2) is 0 Å². The molecule has 0 bridgehead atoms. The number of ether oxygens (including phenoxy) is 1. The van der Waals surface area contributed by atoms with Gasteiger partial charge in [-0.25, -0.2) is 4.79 Å². The molecule has 0 aliphatic heterocycles. The largest absolute Gasteiger partial charge is 0.465 e. The number of esters is 1. The van der Waals surface area contributed by atoms with Crippen molar-refractivity contribution >= 4 is 11.7 Å². The van der Waals surface area contributed by atoms with Gasteiger partial charge in [0.05, 0.1) is 12.7 Å². The Kier molecular flexibility index (Phi) is 3.90. The SMILES string of the molecule is COC(=O)c1ccc(NC2CCCC2C)c(C)c1. The highest BCUT2D eigenvalue weighted by Gasteiger charge is 2.23. The van der Waals surface area contributed by atoms with Crippen LogP contribution in [0.1, 0.15) is 42.1 Å². The van der Waals surface area contributed by atoms with Gasteiger partial charge in [-0.3, -0.25) is 0 Å². The fraction of sp³-hybridized carbons (Fsp3) is 0.533. The van der Waals surface area contributed by atoms with E-state index in [1.54, 1.807) is 0 Å². The summed E-state index contributed by atoms with van der Waals surface area (Å²) in [6.07, 6.45) is 3.84. The standard InChI is InChI=1S/C15H21NO2/c1-10-5-4-6-13(10)16-14-8-7-12(9-11(14)2)15(17)18-3/h7-10,13,16H,4-6H2,1-3H3. The zero-order valence-corrected chi connectivity index (χ0v) is 11.3. The summed E-state index contributed by atoms with van der Waals surface area (Å²) >= 11 is 0. The van der Waals surface area contributed by atoms with Crippen LogP contribution in [0.2, 0.25) is 0 Å². The van der Waals surface area contributed by atoms with E-state index >= 15 is 0 Å². The third-order valence-corrected chi connectivity index (χ3v) is 3.85. The molecule has 0 radical (unpaired) electrons. The van der Waals surface area contributed by atoms with E-state index < -0.39 is 0 Å². The van der Waals surface area contributed by atoms with E-state index in [1.165, 1.54) is 26.4 Å². The Morgan fingerprint density at radius 3 is 2.72 bits per heavy atom. The minimum Gasteiger partial charge on any atom is -0.465 e. The molecule has 0 spiro atoms. The third kappa shape index (κ3) is 2.66. The Labute approximate surface area is 109 Å². The summed E-state index contributed by atoms with van der Waals surface area (Å²) in [5, 5.41) is 3.59. The van der Waals surface area contributed by atoms with Crippen LogP contribution in [-0.4, -0.2) is 19.1 Å². The molecule has 2 atom stereocenters. The molecule has 0 amide bonds. The van der Waals surface area contributed by atoms with Gasteiger partial charge in [-0.2, -0.15) is 0 Å². The second kappa shape index (κ2) is 5.42. The predicted molar refractivity (Wildman–Crippen MR) is 72.9 cm³/mol.